The minimum atomic E-state index is -0.920. The van der Waals surface area contributed by atoms with Crippen molar-refractivity contribution in [3.05, 3.63) is 105 Å². The molecule has 42 heavy (non-hydrogen) atoms. The second-order valence-electron chi connectivity index (χ2n) is 9.74. The smallest absolute Gasteiger partial charge is 0.336 e. The second-order valence-corrected chi connectivity index (χ2v) is 9.74. The number of aliphatic hydroxyl groups excluding tert-OH is 1. The number of carbonyl (C=O) groups excluding carboxylic acids is 2. The number of hydrogen-bond acceptors (Lipinski definition) is 10. The molecular weight excluding hydrogens is 542 g/mol. The van der Waals surface area contributed by atoms with Gasteiger partial charge in [0.15, 0.2) is 0 Å². The Hall–Kier alpha value is -4.48. The molecule has 0 spiro atoms. The Labute approximate surface area is 245 Å². The van der Waals surface area contributed by atoms with Gasteiger partial charge in [0.25, 0.3) is 5.69 Å². The lowest BCUT2D eigenvalue weighted by molar-refractivity contribution is -0.384. The van der Waals surface area contributed by atoms with E-state index >= 15 is 0 Å². The number of rotatable bonds is 15. The summed E-state index contributed by atoms with van der Waals surface area (Å²) < 4.78 is 16.3. The average molecular weight is 580 g/mol. The topological polar surface area (TPSA) is 149 Å². The van der Waals surface area contributed by atoms with Gasteiger partial charge in [-0.1, -0.05) is 36.4 Å². The van der Waals surface area contributed by atoms with Crippen molar-refractivity contribution in [1.29, 1.82) is 0 Å². The number of dihydropyridines is 1. The number of hydrogen-bond donors (Lipinski definition) is 3. The highest BCUT2D eigenvalue weighted by atomic mass is 16.6. The largest absolute Gasteiger partial charge is 0.491 e. The molecule has 0 bridgehead atoms. The predicted molar refractivity (Wildman–Crippen MR) is 157 cm³/mol. The third-order valence-electron chi connectivity index (χ3n) is 6.68. The number of nitro groups is 1. The summed E-state index contributed by atoms with van der Waals surface area (Å²) in [6.07, 6.45) is 2.18. The van der Waals surface area contributed by atoms with Gasteiger partial charge in [0, 0.05) is 30.1 Å². The number of non-ortho nitro benzene ring substituents is 1. The number of ether oxygens (including phenoxy) is 3. The molecule has 2 aromatic carbocycles. The SMILES string of the molecule is C=CCc1ccccc1OCC(O)CNCCCOC(=O)C1=C(C)NC(C)=C(C(=O)OC)C1c1cccc([N+](=O)[O-])c1. The Balaban J connectivity index is 1.57. The van der Waals surface area contributed by atoms with E-state index in [9.17, 15) is 24.8 Å². The number of benzene rings is 2. The fraction of sp³-hybridized carbons (Fsp3) is 0.355. The van der Waals surface area contributed by atoms with Crippen molar-refractivity contribution in [2.24, 2.45) is 0 Å². The molecule has 0 fully saturated rings. The summed E-state index contributed by atoms with van der Waals surface area (Å²) >= 11 is 0. The number of para-hydroxylation sites is 1. The quantitative estimate of drug-likeness (QED) is 0.0937. The molecule has 3 rings (SSSR count). The van der Waals surface area contributed by atoms with Gasteiger partial charge >= 0.3 is 11.9 Å². The first kappa shape index (κ1) is 32.0. The van der Waals surface area contributed by atoms with Crippen molar-refractivity contribution in [1.82, 2.24) is 10.6 Å². The number of methoxy groups -OCH3 is 1. The highest BCUT2D eigenvalue weighted by Crippen LogP contribution is 2.40. The van der Waals surface area contributed by atoms with Crippen molar-refractivity contribution < 1.29 is 33.8 Å². The Morgan fingerprint density at radius 1 is 1.14 bits per heavy atom. The summed E-state index contributed by atoms with van der Waals surface area (Å²) in [6.45, 7) is 8.04. The fourth-order valence-corrected chi connectivity index (χ4v) is 4.72. The minimum Gasteiger partial charge on any atom is -0.491 e. The van der Waals surface area contributed by atoms with E-state index in [-0.39, 0.29) is 36.6 Å². The van der Waals surface area contributed by atoms with Crippen LogP contribution in [0.3, 0.4) is 0 Å². The van der Waals surface area contributed by atoms with Crippen LogP contribution in [-0.2, 0) is 25.5 Å². The standard InChI is InChI=1S/C31H37N3O8/c1-5-10-22-11-6-7-14-26(22)42-19-25(35)18-32-15-9-16-41-31(37)28-21(3)33-20(2)27(30(36)40-4)29(28)23-12-8-13-24(17-23)34(38)39/h5-8,11-14,17,25,29,32-33,35H,1,9-10,15-16,18-19H2,2-4H3. The van der Waals surface area contributed by atoms with E-state index in [2.05, 4.69) is 17.2 Å². The molecule has 1 aliphatic rings. The maximum Gasteiger partial charge on any atom is 0.336 e. The molecule has 11 nitrogen and oxygen atoms in total. The summed E-state index contributed by atoms with van der Waals surface area (Å²) in [5, 5.41) is 27.9. The third-order valence-corrected chi connectivity index (χ3v) is 6.68. The molecule has 11 heteroatoms. The zero-order valence-electron chi connectivity index (χ0n) is 24.1. The molecule has 0 aliphatic carbocycles. The van der Waals surface area contributed by atoms with E-state index < -0.39 is 28.9 Å². The highest BCUT2D eigenvalue weighted by molar-refractivity contribution is 5.99. The first-order chi connectivity index (χ1) is 20.2. The predicted octanol–water partition coefficient (Wildman–Crippen LogP) is 3.69. The Bertz CT molecular complexity index is 1370. The summed E-state index contributed by atoms with van der Waals surface area (Å²) in [4.78, 5) is 36.9. The van der Waals surface area contributed by atoms with Crippen LogP contribution in [0.2, 0.25) is 0 Å². The molecule has 1 aliphatic heterocycles. The van der Waals surface area contributed by atoms with Crippen molar-refractivity contribution in [3.63, 3.8) is 0 Å². The molecule has 1 heterocycles. The maximum atomic E-state index is 13.3. The molecule has 0 saturated carbocycles. The number of nitro benzene ring substituents is 1. The zero-order chi connectivity index (χ0) is 30.6. The molecular formula is C31H37N3O8. The van der Waals surface area contributed by atoms with Crippen molar-refractivity contribution >= 4 is 17.6 Å². The zero-order valence-corrected chi connectivity index (χ0v) is 24.1. The lowest BCUT2D eigenvalue weighted by atomic mass is 9.80. The molecule has 2 atom stereocenters. The summed E-state index contributed by atoms with van der Waals surface area (Å²) in [7, 11) is 1.23. The van der Waals surface area contributed by atoms with Crippen molar-refractivity contribution in [2.45, 2.75) is 38.7 Å². The summed E-state index contributed by atoms with van der Waals surface area (Å²) in [5.74, 6) is -1.53. The van der Waals surface area contributed by atoms with Crippen LogP contribution in [0.15, 0.2) is 83.7 Å². The Kier molecular flexibility index (Phi) is 11.8. The van der Waals surface area contributed by atoms with Gasteiger partial charge < -0.3 is 30.0 Å². The maximum absolute atomic E-state index is 13.3. The average Bonchev–Trinajstić information content (AvgIpc) is 2.97. The van der Waals surface area contributed by atoms with Crippen LogP contribution < -0.4 is 15.4 Å². The lowest BCUT2D eigenvalue weighted by Gasteiger charge is -2.30. The van der Waals surface area contributed by atoms with Gasteiger partial charge in [-0.25, -0.2) is 9.59 Å². The molecule has 2 unspecified atom stereocenters. The van der Waals surface area contributed by atoms with Crippen LogP contribution in [0.1, 0.15) is 37.3 Å². The number of esters is 2. The van der Waals surface area contributed by atoms with E-state index in [0.29, 0.717) is 42.1 Å². The van der Waals surface area contributed by atoms with Gasteiger partial charge in [-0.2, -0.15) is 0 Å². The van der Waals surface area contributed by atoms with Gasteiger partial charge in [-0.15, -0.1) is 6.58 Å². The van der Waals surface area contributed by atoms with Crippen molar-refractivity contribution in [3.8, 4) is 5.75 Å². The van der Waals surface area contributed by atoms with Gasteiger partial charge in [0.05, 0.1) is 35.7 Å². The van der Waals surface area contributed by atoms with Gasteiger partial charge in [0.1, 0.15) is 18.5 Å². The number of aliphatic hydroxyl groups is 1. The van der Waals surface area contributed by atoms with Gasteiger partial charge in [0.2, 0.25) is 0 Å². The molecule has 0 saturated heterocycles. The molecule has 2 aromatic rings. The number of carbonyl (C=O) groups is 2. The van der Waals surface area contributed by atoms with E-state index in [0.717, 1.165) is 5.56 Å². The Morgan fingerprint density at radius 3 is 2.55 bits per heavy atom. The number of nitrogens with one attached hydrogen (secondary N) is 2. The second kappa shape index (κ2) is 15.5. The van der Waals surface area contributed by atoms with Gasteiger partial charge in [-0.05, 0) is 50.4 Å². The molecule has 0 aromatic heterocycles. The van der Waals surface area contributed by atoms with E-state index in [4.69, 9.17) is 14.2 Å². The number of nitrogens with zero attached hydrogens (tertiary/aromatic N) is 1. The summed E-state index contributed by atoms with van der Waals surface area (Å²) in [5.41, 5.74) is 2.49. The molecule has 224 valence electrons. The molecule has 0 amide bonds. The monoisotopic (exact) mass is 579 g/mol. The first-order valence-electron chi connectivity index (χ1n) is 13.6. The highest BCUT2D eigenvalue weighted by Gasteiger charge is 2.38. The minimum absolute atomic E-state index is 0.0715. The molecule has 0 radical (unpaired) electrons. The van der Waals surface area contributed by atoms with Crippen LogP contribution in [0.25, 0.3) is 0 Å². The Morgan fingerprint density at radius 2 is 1.86 bits per heavy atom. The van der Waals surface area contributed by atoms with Crippen LogP contribution in [-0.4, -0.2) is 61.5 Å². The van der Waals surface area contributed by atoms with Crippen LogP contribution in [0.4, 0.5) is 5.69 Å². The van der Waals surface area contributed by atoms with Crippen LogP contribution in [0.5, 0.6) is 5.75 Å². The lowest BCUT2D eigenvalue weighted by Crippen LogP contribution is -2.33. The van der Waals surface area contributed by atoms with E-state index in [1.165, 1.54) is 25.3 Å². The van der Waals surface area contributed by atoms with Gasteiger partial charge in [-0.3, -0.25) is 10.1 Å². The van der Waals surface area contributed by atoms with E-state index in [1.807, 2.05) is 24.3 Å². The third kappa shape index (κ3) is 8.27. The normalized spacial score (nSPS) is 15.5. The number of allylic oxidation sites excluding steroid dienone is 3. The first-order valence-corrected chi connectivity index (χ1v) is 13.6. The molecule has 3 N–H and O–H groups in total. The van der Waals surface area contributed by atoms with Crippen LogP contribution in [0, 0.1) is 10.1 Å². The summed E-state index contributed by atoms with van der Waals surface area (Å²) in [6, 6.07) is 13.4. The van der Waals surface area contributed by atoms with Crippen LogP contribution >= 0.6 is 0 Å². The fourth-order valence-electron chi connectivity index (χ4n) is 4.72. The van der Waals surface area contributed by atoms with E-state index in [1.54, 1.807) is 26.0 Å². The van der Waals surface area contributed by atoms with Crippen molar-refractivity contribution in [2.75, 3.05) is 33.4 Å².